The fourth-order valence-corrected chi connectivity index (χ4v) is 4.35. The first-order valence-corrected chi connectivity index (χ1v) is 13.4. The van der Waals surface area contributed by atoms with Gasteiger partial charge in [-0.25, -0.2) is 9.59 Å². The molecule has 1 rings (SSSR count). The first kappa shape index (κ1) is 33.2. The molecule has 0 saturated heterocycles. The van der Waals surface area contributed by atoms with Gasteiger partial charge in [0, 0.05) is 13.0 Å². The molecule has 0 radical (unpaired) electrons. The van der Waals surface area contributed by atoms with Gasteiger partial charge in [0.2, 0.25) is 5.91 Å². The van der Waals surface area contributed by atoms with Crippen LogP contribution in [0.4, 0.5) is 9.59 Å². The van der Waals surface area contributed by atoms with E-state index in [4.69, 9.17) is 14.2 Å². The summed E-state index contributed by atoms with van der Waals surface area (Å²) in [6, 6.07) is -0.148. The molecule has 3 amide bonds. The standard InChI is InChI=1S/C27H48N4O7/c1-10-36-22(33)27(13-11-18(2)19(3)31-20(4)32)14-12-21(15-27)29-17-30-24(35)38-26(8,9)16-28-23(34)37-25(5,6)7/h17-19,21H,10-16H2,1-9H3,(H,28,34)(H,31,32)(H,29,30,35). The van der Waals surface area contributed by atoms with E-state index in [2.05, 4.69) is 27.9 Å². The molecule has 11 heteroatoms. The number of carbonyl (C=O) groups excluding carboxylic acids is 4. The van der Waals surface area contributed by atoms with E-state index < -0.39 is 28.8 Å². The van der Waals surface area contributed by atoms with Gasteiger partial charge in [0.05, 0.1) is 30.9 Å². The molecule has 1 fully saturated rings. The minimum Gasteiger partial charge on any atom is -0.466 e. The Balaban J connectivity index is 2.64. The molecule has 38 heavy (non-hydrogen) atoms. The van der Waals surface area contributed by atoms with Crippen molar-refractivity contribution in [2.45, 2.75) is 118 Å². The van der Waals surface area contributed by atoms with E-state index in [9.17, 15) is 19.2 Å². The number of alkyl carbamates (subject to hydrolysis) is 2. The summed E-state index contributed by atoms with van der Waals surface area (Å²) in [6.07, 6.45) is 3.24. The zero-order chi connectivity index (χ0) is 29.1. The monoisotopic (exact) mass is 540 g/mol. The van der Waals surface area contributed by atoms with Crippen LogP contribution in [-0.4, -0.2) is 66.8 Å². The molecule has 11 nitrogen and oxygen atoms in total. The van der Waals surface area contributed by atoms with E-state index in [0.717, 1.165) is 6.42 Å². The van der Waals surface area contributed by atoms with E-state index in [1.807, 2.05) is 6.92 Å². The Labute approximate surface area is 227 Å². The predicted molar refractivity (Wildman–Crippen MR) is 145 cm³/mol. The van der Waals surface area contributed by atoms with Crippen molar-refractivity contribution in [2.24, 2.45) is 16.3 Å². The first-order valence-electron chi connectivity index (χ1n) is 13.4. The third-order valence-corrected chi connectivity index (χ3v) is 6.55. The van der Waals surface area contributed by atoms with Gasteiger partial charge in [-0.15, -0.1) is 0 Å². The molecule has 4 atom stereocenters. The van der Waals surface area contributed by atoms with Crippen LogP contribution in [0.25, 0.3) is 0 Å². The van der Waals surface area contributed by atoms with Crippen LogP contribution in [0.1, 0.15) is 94.4 Å². The molecule has 0 aliphatic heterocycles. The minimum absolute atomic E-state index is 0.000708. The van der Waals surface area contributed by atoms with Crippen molar-refractivity contribution in [2.75, 3.05) is 13.2 Å². The Morgan fingerprint density at radius 1 is 1.08 bits per heavy atom. The molecule has 1 saturated carbocycles. The molecule has 218 valence electrons. The summed E-state index contributed by atoms with van der Waals surface area (Å²) in [5, 5.41) is 8.00. The average Bonchev–Trinajstić information content (AvgIpc) is 3.19. The fraction of sp³-hybridized carbons (Fsp3) is 0.815. The zero-order valence-corrected chi connectivity index (χ0v) is 24.6. The summed E-state index contributed by atoms with van der Waals surface area (Å²) >= 11 is 0. The Morgan fingerprint density at radius 2 is 1.74 bits per heavy atom. The highest BCUT2D eigenvalue weighted by Crippen LogP contribution is 2.45. The number of amides is 3. The highest BCUT2D eigenvalue weighted by Gasteiger charge is 2.46. The van der Waals surface area contributed by atoms with Crippen LogP contribution in [-0.2, 0) is 23.8 Å². The van der Waals surface area contributed by atoms with Gasteiger partial charge in [-0.3, -0.25) is 19.9 Å². The summed E-state index contributed by atoms with van der Waals surface area (Å²) in [4.78, 5) is 52.9. The SMILES string of the molecule is CCOC(=O)C1(CCC(C)C(C)NC(C)=O)CCC(N=CNC(=O)OC(C)(C)CNC(=O)OC(C)(C)C)C1. The fourth-order valence-electron chi connectivity index (χ4n) is 4.35. The number of esters is 1. The second-order valence-electron chi connectivity index (χ2n) is 11.8. The lowest BCUT2D eigenvalue weighted by molar-refractivity contribution is -0.156. The zero-order valence-electron chi connectivity index (χ0n) is 24.6. The normalized spacial score (nSPS) is 21.3. The molecular formula is C27H48N4O7. The van der Waals surface area contributed by atoms with E-state index in [1.165, 1.54) is 13.3 Å². The number of carbonyl (C=O) groups is 4. The van der Waals surface area contributed by atoms with Crippen LogP contribution in [0, 0.1) is 11.3 Å². The molecule has 0 spiro atoms. The molecule has 0 heterocycles. The molecule has 3 N–H and O–H groups in total. The lowest BCUT2D eigenvalue weighted by atomic mass is 9.78. The van der Waals surface area contributed by atoms with Crippen LogP contribution in [0.3, 0.4) is 0 Å². The molecule has 1 aliphatic rings. The van der Waals surface area contributed by atoms with Crippen LogP contribution < -0.4 is 16.0 Å². The molecule has 0 aromatic heterocycles. The maximum absolute atomic E-state index is 12.9. The number of aliphatic imine (C=N–C) groups is 1. The number of nitrogens with zero attached hydrogens (tertiary/aromatic N) is 1. The summed E-state index contributed by atoms with van der Waals surface area (Å²) in [6.45, 7) is 16.3. The summed E-state index contributed by atoms with van der Waals surface area (Å²) in [7, 11) is 0. The number of hydrogen-bond acceptors (Lipinski definition) is 8. The van der Waals surface area contributed by atoms with E-state index in [1.54, 1.807) is 41.5 Å². The van der Waals surface area contributed by atoms with Gasteiger partial charge in [-0.2, -0.15) is 0 Å². The van der Waals surface area contributed by atoms with Gasteiger partial charge < -0.3 is 24.8 Å². The highest BCUT2D eigenvalue weighted by molar-refractivity contribution is 5.82. The van der Waals surface area contributed by atoms with E-state index >= 15 is 0 Å². The molecule has 0 aromatic rings. The van der Waals surface area contributed by atoms with Gasteiger partial charge in [0.15, 0.2) is 0 Å². The topological polar surface area (TPSA) is 144 Å². The minimum atomic E-state index is -0.980. The van der Waals surface area contributed by atoms with Crippen molar-refractivity contribution in [1.82, 2.24) is 16.0 Å². The molecular weight excluding hydrogens is 492 g/mol. The number of ether oxygens (including phenoxy) is 3. The van der Waals surface area contributed by atoms with Gasteiger partial charge in [-0.1, -0.05) is 6.92 Å². The van der Waals surface area contributed by atoms with Gasteiger partial charge in [0.1, 0.15) is 11.2 Å². The van der Waals surface area contributed by atoms with E-state index in [0.29, 0.717) is 32.3 Å². The first-order chi connectivity index (χ1) is 17.5. The van der Waals surface area contributed by atoms with Crippen molar-refractivity contribution in [3.63, 3.8) is 0 Å². The van der Waals surface area contributed by atoms with Crippen molar-refractivity contribution >= 4 is 30.4 Å². The van der Waals surface area contributed by atoms with Crippen LogP contribution in [0.2, 0.25) is 0 Å². The highest BCUT2D eigenvalue weighted by atomic mass is 16.6. The van der Waals surface area contributed by atoms with Crippen molar-refractivity contribution in [3.05, 3.63) is 0 Å². The summed E-state index contributed by atoms with van der Waals surface area (Å²) < 4.78 is 16.0. The quantitative estimate of drug-likeness (QED) is 0.146. The molecule has 1 aliphatic carbocycles. The molecule has 0 bridgehead atoms. The van der Waals surface area contributed by atoms with E-state index in [-0.39, 0.29) is 36.4 Å². The largest absolute Gasteiger partial charge is 0.466 e. The predicted octanol–water partition coefficient (Wildman–Crippen LogP) is 4.09. The number of rotatable bonds is 12. The number of hydrogen-bond donors (Lipinski definition) is 3. The summed E-state index contributed by atoms with van der Waals surface area (Å²) in [5.41, 5.74) is -2.25. The van der Waals surface area contributed by atoms with Crippen LogP contribution >= 0.6 is 0 Å². The third kappa shape index (κ3) is 12.1. The van der Waals surface area contributed by atoms with Crippen molar-refractivity contribution in [1.29, 1.82) is 0 Å². The number of nitrogens with one attached hydrogen (secondary N) is 3. The van der Waals surface area contributed by atoms with Gasteiger partial charge in [0.25, 0.3) is 0 Å². The maximum atomic E-state index is 12.9. The summed E-state index contributed by atoms with van der Waals surface area (Å²) in [5.74, 6) is -0.102. The average molecular weight is 541 g/mol. The second-order valence-corrected chi connectivity index (χ2v) is 11.8. The van der Waals surface area contributed by atoms with Crippen molar-refractivity contribution in [3.8, 4) is 0 Å². The Kier molecular flexibility index (Phi) is 12.5. The Morgan fingerprint density at radius 3 is 2.32 bits per heavy atom. The Hall–Kier alpha value is -2.85. The Bertz CT molecular complexity index is 853. The van der Waals surface area contributed by atoms with Crippen LogP contribution in [0.15, 0.2) is 4.99 Å². The molecule has 0 aromatic carbocycles. The maximum Gasteiger partial charge on any atom is 0.412 e. The molecule has 4 unspecified atom stereocenters. The lowest BCUT2D eigenvalue weighted by Crippen LogP contribution is -2.45. The smallest absolute Gasteiger partial charge is 0.412 e. The van der Waals surface area contributed by atoms with Gasteiger partial charge in [-0.05, 0) is 86.5 Å². The van der Waals surface area contributed by atoms with Gasteiger partial charge >= 0.3 is 18.2 Å². The second kappa shape index (κ2) is 14.3. The third-order valence-electron chi connectivity index (χ3n) is 6.55. The van der Waals surface area contributed by atoms with Crippen LogP contribution in [0.5, 0.6) is 0 Å². The lowest BCUT2D eigenvalue weighted by Gasteiger charge is -2.29. The van der Waals surface area contributed by atoms with Crippen molar-refractivity contribution < 1.29 is 33.4 Å².